The van der Waals surface area contributed by atoms with E-state index in [9.17, 15) is 4.79 Å². The van der Waals surface area contributed by atoms with Gasteiger partial charge in [-0.2, -0.15) is 5.26 Å². The first-order valence-electron chi connectivity index (χ1n) is 6.47. The molecule has 0 aromatic heterocycles. The zero-order chi connectivity index (χ0) is 15.1. The lowest BCUT2D eigenvalue weighted by molar-refractivity contribution is -0.123. The highest BCUT2D eigenvalue weighted by molar-refractivity contribution is 5.80. The van der Waals surface area contributed by atoms with Crippen LogP contribution in [-0.2, 0) is 4.79 Å². The van der Waals surface area contributed by atoms with Crippen LogP contribution in [-0.4, -0.2) is 38.6 Å². The van der Waals surface area contributed by atoms with Crippen molar-refractivity contribution in [3.8, 4) is 11.8 Å². The van der Waals surface area contributed by atoms with E-state index in [0.717, 1.165) is 11.3 Å². The Morgan fingerprint density at radius 1 is 1.50 bits per heavy atom. The van der Waals surface area contributed by atoms with Gasteiger partial charge in [0.25, 0.3) is 0 Å². The third-order valence-electron chi connectivity index (χ3n) is 3.16. The molecule has 1 N–H and O–H groups in total. The van der Waals surface area contributed by atoms with Crippen molar-refractivity contribution < 1.29 is 9.53 Å². The van der Waals surface area contributed by atoms with Crippen LogP contribution in [0.2, 0.25) is 0 Å². The van der Waals surface area contributed by atoms with E-state index in [4.69, 9.17) is 10.00 Å². The Hall–Kier alpha value is -2.06. The van der Waals surface area contributed by atoms with E-state index < -0.39 is 5.92 Å². The van der Waals surface area contributed by atoms with Crippen LogP contribution in [0.4, 0.5) is 0 Å². The number of carbonyl (C=O) groups excluding carboxylic acids is 1. The van der Waals surface area contributed by atoms with Crippen molar-refractivity contribution in [1.82, 2.24) is 10.2 Å². The van der Waals surface area contributed by atoms with E-state index in [1.54, 1.807) is 14.0 Å². The lowest BCUT2D eigenvalue weighted by atomic mass is 10.1. The molecular weight excluding hydrogens is 254 g/mol. The van der Waals surface area contributed by atoms with Crippen molar-refractivity contribution in [3.63, 3.8) is 0 Å². The van der Waals surface area contributed by atoms with Gasteiger partial charge >= 0.3 is 0 Å². The minimum atomic E-state index is -0.636. The van der Waals surface area contributed by atoms with E-state index in [2.05, 4.69) is 5.32 Å². The summed E-state index contributed by atoms with van der Waals surface area (Å²) in [4.78, 5) is 13.7. The van der Waals surface area contributed by atoms with Crippen molar-refractivity contribution >= 4 is 5.91 Å². The van der Waals surface area contributed by atoms with Gasteiger partial charge in [0.2, 0.25) is 5.91 Å². The van der Waals surface area contributed by atoms with Crippen LogP contribution in [0.15, 0.2) is 24.3 Å². The molecule has 0 bridgehead atoms. The molecule has 0 heterocycles. The highest BCUT2D eigenvalue weighted by Gasteiger charge is 2.18. The monoisotopic (exact) mass is 275 g/mol. The molecule has 5 nitrogen and oxygen atoms in total. The highest BCUT2D eigenvalue weighted by atomic mass is 16.5. The molecule has 5 heteroatoms. The molecule has 0 spiro atoms. The number of methoxy groups -OCH3 is 1. The molecule has 1 aromatic rings. The Kier molecular flexibility index (Phi) is 6.01. The van der Waals surface area contributed by atoms with Gasteiger partial charge in [0.15, 0.2) is 0 Å². The summed E-state index contributed by atoms with van der Waals surface area (Å²) in [5, 5.41) is 11.5. The molecule has 1 aromatic carbocycles. The molecule has 2 atom stereocenters. The van der Waals surface area contributed by atoms with E-state index in [0.29, 0.717) is 6.54 Å². The van der Waals surface area contributed by atoms with Gasteiger partial charge in [0, 0.05) is 6.54 Å². The molecule has 0 aliphatic carbocycles. The van der Waals surface area contributed by atoms with Crippen LogP contribution in [0.3, 0.4) is 0 Å². The van der Waals surface area contributed by atoms with Crippen molar-refractivity contribution in [3.05, 3.63) is 29.8 Å². The summed E-state index contributed by atoms with van der Waals surface area (Å²) in [7, 11) is 5.52. The van der Waals surface area contributed by atoms with Gasteiger partial charge in [-0.1, -0.05) is 12.1 Å². The van der Waals surface area contributed by atoms with Crippen molar-refractivity contribution in [2.45, 2.75) is 13.0 Å². The third-order valence-corrected chi connectivity index (χ3v) is 3.16. The maximum atomic E-state index is 11.7. The largest absolute Gasteiger partial charge is 0.497 e. The highest BCUT2D eigenvalue weighted by Crippen LogP contribution is 2.22. The number of likely N-dealkylation sites (N-methyl/N-ethyl adjacent to an activating group) is 1. The maximum absolute atomic E-state index is 11.7. The zero-order valence-electron chi connectivity index (χ0n) is 12.4. The summed E-state index contributed by atoms with van der Waals surface area (Å²) in [5.41, 5.74) is 1.05. The fourth-order valence-corrected chi connectivity index (χ4v) is 1.86. The number of nitrogens with zero attached hydrogens (tertiary/aromatic N) is 2. The second-order valence-electron chi connectivity index (χ2n) is 4.85. The molecule has 20 heavy (non-hydrogen) atoms. The molecule has 0 aliphatic heterocycles. The first-order valence-corrected chi connectivity index (χ1v) is 6.47. The van der Waals surface area contributed by atoms with E-state index >= 15 is 0 Å². The predicted molar refractivity (Wildman–Crippen MR) is 77.2 cm³/mol. The number of ether oxygens (including phenoxy) is 1. The molecule has 108 valence electrons. The third kappa shape index (κ3) is 4.25. The quantitative estimate of drug-likeness (QED) is 0.856. The van der Waals surface area contributed by atoms with Gasteiger partial charge < -0.3 is 15.0 Å². The Morgan fingerprint density at radius 2 is 2.20 bits per heavy atom. The summed E-state index contributed by atoms with van der Waals surface area (Å²) in [6.07, 6.45) is 0. The first kappa shape index (κ1) is 16.0. The van der Waals surface area contributed by atoms with Crippen LogP contribution in [0.25, 0.3) is 0 Å². The van der Waals surface area contributed by atoms with Gasteiger partial charge in [-0.05, 0) is 38.7 Å². The second kappa shape index (κ2) is 7.51. The number of nitriles is 1. The van der Waals surface area contributed by atoms with E-state index in [1.165, 1.54) is 0 Å². The standard InChI is InChI=1S/C15H21N3O2/c1-11(9-16)15(19)17-10-14(18(2)3)12-6-5-7-13(8-12)20-4/h5-8,11,14H,10H2,1-4H3,(H,17,19). The molecule has 0 saturated heterocycles. The van der Waals surface area contributed by atoms with Gasteiger partial charge in [-0.15, -0.1) is 0 Å². The number of amides is 1. The SMILES string of the molecule is COc1cccc(C(CNC(=O)C(C)C#N)N(C)C)c1. The smallest absolute Gasteiger partial charge is 0.237 e. The second-order valence-corrected chi connectivity index (χ2v) is 4.85. The summed E-state index contributed by atoms with van der Waals surface area (Å²) in [5.74, 6) is -0.101. The normalized spacial score (nSPS) is 13.4. The van der Waals surface area contributed by atoms with E-state index in [-0.39, 0.29) is 11.9 Å². The molecular formula is C15H21N3O2. The molecule has 1 amide bonds. The maximum Gasteiger partial charge on any atom is 0.237 e. The summed E-state index contributed by atoms with van der Waals surface area (Å²) >= 11 is 0. The Morgan fingerprint density at radius 3 is 2.75 bits per heavy atom. The van der Waals surface area contributed by atoms with Crippen LogP contribution < -0.4 is 10.1 Å². The molecule has 1 rings (SSSR count). The lowest BCUT2D eigenvalue weighted by Crippen LogP contribution is -2.36. The summed E-state index contributed by atoms with van der Waals surface area (Å²) in [6, 6.07) is 9.70. The van der Waals surface area contributed by atoms with Gasteiger partial charge in [-0.25, -0.2) is 0 Å². The number of hydrogen-bond acceptors (Lipinski definition) is 4. The van der Waals surface area contributed by atoms with Crippen LogP contribution in [0.5, 0.6) is 5.75 Å². The van der Waals surface area contributed by atoms with Gasteiger partial charge in [-0.3, -0.25) is 4.79 Å². The van der Waals surface area contributed by atoms with Crippen molar-refractivity contribution in [1.29, 1.82) is 5.26 Å². The topological polar surface area (TPSA) is 65.4 Å². The van der Waals surface area contributed by atoms with Gasteiger partial charge in [0.05, 0.1) is 19.2 Å². The first-order chi connectivity index (χ1) is 9.49. The Labute approximate surface area is 120 Å². The minimum absolute atomic E-state index is 0.0277. The van der Waals surface area contributed by atoms with Crippen LogP contribution in [0.1, 0.15) is 18.5 Å². The fraction of sp³-hybridized carbons (Fsp3) is 0.467. The zero-order valence-corrected chi connectivity index (χ0v) is 12.4. The minimum Gasteiger partial charge on any atom is -0.497 e. The summed E-state index contributed by atoms with van der Waals surface area (Å²) < 4.78 is 5.22. The number of carbonyl (C=O) groups is 1. The Bertz CT molecular complexity index is 494. The average molecular weight is 275 g/mol. The predicted octanol–water partition coefficient (Wildman–Crippen LogP) is 1.57. The number of nitrogens with one attached hydrogen (secondary N) is 1. The van der Waals surface area contributed by atoms with Crippen LogP contribution in [0, 0.1) is 17.2 Å². The average Bonchev–Trinajstić information content (AvgIpc) is 2.46. The molecule has 0 radical (unpaired) electrons. The molecule has 0 aliphatic rings. The number of hydrogen-bond donors (Lipinski definition) is 1. The van der Waals surface area contributed by atoms with Crippen molar-refractivity contribution in [2.24, 2.45) is 5.92 Å². The lowest BCUT2D eigenvalue weighted by Gasteiger charge is -2.25. The molecule has 2 unspecified atom stereocenters. The Balaban J connectivity index is 2.79. The number of rotatable bonds is 6. The molecule has 0 fully saturated rings. The van der Waals surface area contributed by atoms with E-state index in [1.807, 2.05) is 49.3 Å². The number of benzene rings is 1. The molecule has 0 saturated carbocycles. The summed E-state index contributed by atoms with van der Waals surface area (Å²) in [6.45, 7) is 2.04. The fourth-order valence-electron chi connectivity index (χ4n) is 1.86. The van der Waals surface area contributed by atoms with Gasteiger partial charge in [0.1, 0.15) is 11.7 Å². The van der Waals surface area contributed by atoms with Crippen LogP contribution >= 0.6 is 0 Å². The van der Waals surface area contributed by atoms with Crippen molar-refractivity contribution in [2.75, 3.05) is 27.7 Å².